The molecule has 0 amide bonds. The van der Waals surface area contributed by atoms with E-state index in [9.17, 15) is 0 Å². The molecule has 0 bridgehead atoms. The molecular weight excluding hydrogens is 785 g/mol. The Labute approximate surface area is 368 Å². The predicted octanol–water partition coefficient (Wildman–Crippen LogP) is 15.5. The van der Waals surface area contributed by atoms with Gasteiger partial charge in [0.25, 0.3) is 0 Å². The van der Waals surface area contributed by atoms with Crippen LogP contribution in [-0.2, 0) is 0 Å². The smallest absolute Gasteiger partial charge is 0.200 e. The van der Waals surface area contributed by atoms with Crippen LogP contribution in [0.3, 0.4) is 0 Å². The van der Waals surface area contributed by atoms with Crippen molar-refractivity contribution < 1.29 is 0 Å². The number of nitrogens with zero attached hydrogens (tertiary/aromatic N) is 8. The van der Waals surface area contributed by atoms with E-state index in [0.29, 0.717) is 51.2 Å². The summed E-state index contributed by atoms with van der Waals surface area (Å²) in [4.78, 5) is 25.2. The van der Waals surface area contributed by atoms with Crippen molar-refractivity contribution in [2.24, 2.45) is 0 Å². The van der Waals surface area contributed by atoms with E-state index >= 15 is 0 Å². The van der Waals surface area contributed by atoms with E-state index in [1.807, 2.05) is 78.9 Å². The molecule has 0 aliphatic rings. The first-order valence-electron chi connectivity index (χ1n) is 20.4. The molecule has 294 valence electrons. The zero-order chi connectivity index (χ0) is 43.3. The Bertz CT molecular complexity index is 3730. The maximum absolute atomic E-state index is 8.45. The van der Waals surface area contributed by atoms with Gasteiger partial charge in [-0.25, -0.2) is 29.3 Å². The van der Waals surface area contributed by atoms with Crippen molar-refractivity contribution in [3.63, 3.8) is 0 Å². The molecule has 11 rings (SSSR count). The van der Waals surface area contributed by atoms with Crippen LogP contribution in [0.15, 0.2) is 182 Å². The van der Waals surface area contributed by atoms with Gasteiger partial charge in [0.1, 0.15) is 0 Å². The summed E-state index contributed by atoms with van der Waals surface area (Å²) in [5, 5.41) is 4.43. The molecule has 0 aliphatic carbocycles. The molecule has 0 radical (unpaired) electrons. The van der Waals surface area contributed by atoms with Gasteiger partial charge in [-0.1, -0.05) is 115 Å². The van der Waals surface area contributed by atoms with Crippen LogP contribution in [0.25, 0.3) is 119 Å². The number of hydrogen-bond donors (Lipinski definition) is 0. The molecule has 0 unspecified atom stereocenters. The molecule has 0 saturated carbocycles. The summed E-state index contributed by atoms with van der Waals surface area (Å²) in [6, 6.07) is 59.6. The summed E-state index contributed by atoms with van der Waals surface area (Å²) in [5.74, 6) is 0.460. The van der Waals surface area contributed by atoms with Crippen LogP contribution in [-0.4, -0.2) is 19.1 Å². The summed E-state index contributed by atoms with van der Waals surface area (Å²) in [6.45, 7) is 32.0. The van der Waals surface area contributed by atoms with Crippen molar-refractivity contribution >= 4 is 66.4 Å². The van der Waals surface area contributed by atoms with Crippen molar-refractivity contribution in [3.05, 3.63) is 228 Å². The highest BCUT2D eigenvalue weighted by Gasteiger charge is 2.21. The van der Waals surface area contributed by atoms with Crippen LogP contribution in [0.5, 0.6) is 0 Å². The Balaban J connectivity index is 1.01. The molecule has 0 N–H and O–H groups in total. The largest absolute Gasteiger partial charge is 0.329 e. The summed E-state index contributed by atoms with van der Waals surface area (Å²) in [6.07, 6.45) is 0. The van der Waals surface area contributed by atoms with Crippen LogP contribution in [0.4, 0.5) is 22.7 Å². The SMILES string of the molecule is [C-]#[N+]c1cccc(-c2cc(-c3ccc(-c4cc([N+]#[C-])c(-n5c6ccccc6c6cc(-n7c8ccccc8c8ccccc87)ccc65)c([N+]#[C-])c4)cc3)nc(-c3cccc([N+]#[C-])c3)n2)c1. The molecule has 64 heavy (non-hydrogen) atoms. The Hall–Kier alpha value is -9.60. The fraction of sp³-hybridized carbons (Fsp3) is 0. The standard InChI is InChI=1S/C56H30N8/c1-57-40-15-11-13-37(29-40)48-34-47(61-56(62-48)38-14-12-16-41(30-38)58-2)36-25-23-35(24-26-36)39-31-49(59-3)55(50(32-39)60-4)64-53-22-10-7-19-45(53)46-33-42(27-28-54(46)64)63-51-20-8-5-17-43(51)44-18-6-9-21-52(44)63/h5-34H. The number of rotatable bonds is 6. The number of fused-ring (bicyclic) bond motifs is 6. The minimum atomic E-state index is 0.370. The van der Waals surface area contributed by atoms with Gasteiger partial charge in [-0.2, -0.15) is 0 Å². The van der Waals surface area contributed by atoms with Crippen molar-refractivity contribution in [2.45, 2.75) is 0 Å². The molecule has 0 atom stereocenters. The first kappa shape index (κ1) is 37.4. The first-order valence-corrected chi connectivity index (χ1v) is 20.4. The minimum Gasteiger partial charge on any atom is -0.329 e. The van der Waals surface area contributed by atoms with Crippen molar-refractivity contribution in [3.8, 4) is 56.4 Å². The van der Waals surface area contributed by atoms with Gasteiger partial charge in [0.05, 0.1) is 65.4 Å². The molecule has 11 aromatic rings. The number of benzene rings is 8. The second-order valence-corrected chi connectivity index (χ2v) is 15.4. The van der Waals surface area contributed by atoms with Gasteiger partial charge in [0.2, 0.25) is 11.4 Å². The third-order valence-electron chi connectivity index (χ3n) is 11.8. The average Bonchev–Trinajstić information content (AvgIpc) is 3.88. The Kier molecular flexibility index (Phi) is 8.85. The van der Waals surface area contributed by atoms with Crippen LogP contribution in [0, 0.1) is 26.3 Å². The molecular formula is C56H30N8. The fourth-order valence-corrected chi connectivity index (χ4v) is 8.87. The number of aromatic nitrogens is 4. The van der Waals surface area contributed by atoms with Crippen LogP contribution >= 0.6 is 0 Å². The second-order valence-electron chi connectivity index (χ2n) is 15.4. The average molecular weight is 815 g/mol. The molecule has 8 aromatic carbocycles. The van der Waals surface area contributed by atoms with E-state index < -0.39 is 0 Å². The molecule has 0 aliphatic heterocycles. The zero-order valence-electron chi connectivity index (χ0n) is 33.9. The lowest BCUT2D eigenvalue weighted by molar-refractivity contribution is 1.17. The lowest BCUT2D eigenvalue weighted by Gasteiger charge is -2.15. The van der Waals surface area contributed by atoms with E-state index in [-0.39, 0.29) is 0 Å². The van der Waals surface area contributed by atoms with Crippen LogP contribution in [0.1, 0.15) is 0 Å². The van der Waals surface area contributed by atoms with E-state index in [2.05, 4.69) is 107 Å². The summed E-state index contributed by atoms with van der Waals surface area (Å²) >= 11 is 0. The van der Waals surface area contributed by atoms with Crippen molar-refractivity contribution in [1.82, 2.24) is 19.1 Å². The van der Waals surface area contributed by atoms with Gasteiger partial charge in [-0.05, 0) is 83.4 Å². The maximum Gasteiger partial charge on any atom is 0.200 e. The van der Waals surface area contributed by atoms with E-state index in [0.717, 1.165) is 60.8 Å². The summed E-state index contributed by atoms with van der Waals surface area (Å²) in [7, 11) is 0. The third-order valence-corrected chi connectivity index (χ3v) is 11.8. The van der Waals surface area contributed by atoms with Gasteiger partial charge in [0.15, 0.2) is 17.2 Å². The second kappa shape index (κ2) is 15.1. The van der Waals surface area contributed by atoms with Gasteiger partial charge in [0, 0.05) is 38.4 Å². The molecule has 0 saturated heterocycles. The highest BCUT2D eigenvalue weighted by molar-refractivity contribution is 6.13. The molecule has 3 aromatic heterocycles. The monoisotopic (exact) mass is 814 g/mol. The topological polar surface area (TPSA) is 53.1 Å². The molecule has 0 fully saturated rings. The molecule has 3 heterocycles. The Morgan fingerprint density at radius 2 is 0.844 bits per heavy atom. The predicted molar refractivity (Wildman–Crippen MR) is 258 cm³/mol. The van der Waals surface area contributed by atoms with Crippen molar-refractivity contribution in [2.75, 3.05) is 0 Å². The number of para-hydroxylation sites is 3. The normalized spacial score (nSPS) is 11.1. The summed E-state index contributed by atoms with van der Waals surface area (Å²) < 4.78 is 4.37. The molecule has 8 heteroatoms. The quantitative estimate of drug-likeness (QED) is 0.157. The van der Waals surface area contributed by atoms with E-state index in [1.54, 1.807) is 24.3 Å². The summed E-state index contributed by atoms with van der Waals surface area (Å²) in [5.41, 5.74) is 12.6. The van der Waals surface area contributed by atoms with E-state index in [4.69, 9.17) is 36.3 Å². The molecule has 8 nitrogen and oxygen atoms in total. The lowest BCUT2D eigenvalue weighted by Crippen LogP contribution is -1.97. The highest BCUT2D eigenvalue weighted by Crippen LogP contribution is 2.44. The highest BCUT2D eigenvalue weighted by atomic mass is 15.0. The van der Waals surface area contributed by atoms with Gasteiger partial charge in [-0.15, -0.1) is 0 Å². The first-order chi connectivity index (χ1) is 31.5. The fourth-order valence-electron chi connectivity index (χ4n) is 8.87. The zero-order valence-corrected chi connectivity index (χ0v) is 33.9. The van der Waals surface area contributed by atoms with E-state index in [1.165, 1.54) is 10.8 Å². The minimum absolute atomic E-state index is 0.370. The third kappa shape index (κ3) is 6.12. The van der Waals surface area contributed by atoms with Gasteiger partial charge < -0.3 is 9.13 Å². The van der Waals surface area contributed by atoms with Gasteiger partial charge in [-0.3, -0.25) is 0 Å². The lowest BCUT2D eigenvalue weighted by atomic mass is 10.00. The van der Waals surface area contributed by atoms with Crippen molar-refractivity contribution in [1.29, 1.82) is 0 Å². The van der Waals surface area contributed by atoms with Gasteiger partial charge >= 0.3 is 0 Å². The Morgan fingerprint density at radius 3 is 1.44 bits per heavy atom. The Morgan fingerprint density at radius 1 is 0.344 bits per heavy atom. The number of hydrogen-bond acceptors (Lipinski definition) is 2. The molecule has 0 spiro atoms. The maximum atomic E-state index is 8.45. The van der Waals surface area contributed by atoms with Crippen LogP contribution < -0.4 is 0 Å². The van der Waals surface area contributed by atoms with Crippen LogP contribution in [0.2, 0.25) is 0 Å².